The van der Waals surface area contributed by atoms with Gasteiger partial charge in [0.2, 0.25) is 11.8 Å². The van der Waals surface area contributed by atoms with E-state index in [4.69, 9.17) is 4.74 Å². The lowest BCUT2D eigenvalue weighted by Gasteiger charge is -2.28. The van der Waals surface area contributed by atoms with Crippen molar-refractivity contribution in [3.05, 3.63) is 0 Å². The lowest BCUT2D eigenvalue weighted by atomic mass is 9.98. The molecule has 0 aromatic heterocycles. The topological polar surface area (TPSA) is 130 Å². The van der Waals surface area contributed by atoms with Gasteiger partial charge in [0.25, 0.3) is 0 Å². The molecule has 0 aromatic carbocycles. The van der Waals surface area contributed by atoms with E-state index in [-0.39, 0.29) is 35.5 Å². The van der Waals surface area contributed by atoms with Crippen LogP contribution in [0, 0.1) is 11.8 Å². The van der Waals surface area contributed by atoms with Crippen LogP contribution in [-0.4, -0.2) is 76.8 Å². The highest BCUT2D eigenvalue weighted by Crippen LogP contribution is 2.32. The molecular weight excluding hydrogens is 388 g/mol. The van der Waals surface area contributed by atoms with Crippen molar-refractivity contribution in [1.29, 1.82) is 0 Å². The van der Waals surface area contributed by atoms with Crippen LogP contribution in [0.25, 0.3) is 0 Å². The summed E-state index contributed by atoms with van der Waals surface area (Å²) in [6.45, 7) is 1.70. The number of hydrogen-bond donors (Lipinski definition) is 2. The minimum atomic E-state index is -0.982. The first kappa shape index (κ1) is 22.2. The Balaban J connectivity index is 2.00. The number of nitrogens with one attached hydrogen (secondary N) is 1. The number of nitrogens with zero attached hydrogens (tertiary/aromatic N) is 1. The second kappa shape index (κ2) is 9.90. The molecular formula is C18H26N2O7S. The highest BCUT2D eigenvalue weighted by molar-refractivity contribution is 7.99. The van der Waals surface area contributed by atoms with Crippen LogP contribution in [0.1, 0.15) is 32.6 Å². The number of Topliss-reactive ketones (excluding diaryl/α,β-unsaturated/α-hetero) is 1. The van der Waals surface area contributed by atoms with E-state index in [1.165, 1.54) is 30.7 Å². The van der Waals surface area contributed by atoms with Crippen LogP contribution in [0.15, 0.2) is 0 Å². The van der Waals surface area contributed by atoms with Crippen molar-refractivity contribution in [3.63, 3.8) is 0 Å². The van der Waals surface area contributed by atoms with E-state index in [0.29, 0.717) is 25.8 Å². The highest BCUT2D eigenvalue weighted by Gasteiger charge is 2.40. The van der Waals surface area contributed by atoms with Crippen molar-refractivity contribution in [2.24, 2.45) is 11.8 Å². The van der Waals surface area contributed by atoms with Crippen LogP contribution in [-0.2, 0) is 28.7 Å². The van der Waals surface area contributed by atoms with Gasteiger partial charge in [-0.15, -0.1) is 0 Å². The molecule has 0 radical (unpaired) electrons. The molecule has 4 atom stereocenters. The molecule has 1 saturated carbocycles. The van der Waals surface area contributed by atoms with Gasteiger partial charge in [0.15, 0.2) is 0 Å². The summed E-state index contributed by atoms with van der Waals surface area (Å²) in [6.07, 6.45) is 1.77. The number of carboxylic acids is 1. The van der Waals surface area contributed by atoms with Crippen molar-refractivity contribution in [3.8, 4) is 0 Å². The summed E-state index contributed by atoms with van der Waals surface area (Å²) in [7, 11) is 1.27. The average molecular weight is 414 g/mol. The molecule has 9 nitrogen and oxygen atoms in total. The Kier molecular flexibility index (Phi) is 7.85. The number of carboxylic acid groups (broad SMARTS) is 1. The number of ketones is 1. The molecule has 1 aliphatic carbocycles. The molecule has 1 saturated heterocycles. The zero-order chi connectivity index (χ0) is 20.8. The molecule has 2 unspecified atom stereocenters. The number of thioether (sulfide) groups is 1. The molecule has 2 fully saturated rings. The Labute approximate surface area is 167 Å². The van der Waals surface area contributed by atoms with Crippen molar-refractivity contribution in [1.82, 2.24) is 10.2 Å². The standard InChI is InChI=1S/C18H26N2O7S/c1-10(21)19-13(16(23)20-7-3-4-14(20)18(26)27-2)9-28-8-12-11(17(24)25)5-6-15(12)22/h11-14H,3-9H2,1-2H3,(H,19,21)(H,24,25)/t11?,12?,13-,14-/m0/s1. The molecule has 2 N–H and O–H groups in total. The first-order valence-electron chi connectivity index (χ1n) is 9.25. The Morgan fingerprint density at radius 3 is 2.64 bits per heavy atom. The molecule has 0 aromatic rings. The van der Waals surface area contributed by atoms with Gasteiger partial charge in [-0.1, -0.05) is 0 Å². The number of ether oxygens (including phenoxy) is 1. The molecule has 2 aliphatic rings. The number of rotatable bonds is 8. The fourth-order valence-corrected chi connectivity index (χ4v) is 5.03. The number of methoxy groups -OCH3 is 1. The zero-order valence-corrected chi connectivity index (χ0v) is 16.8. The smallest absolute Gasteiger partial charge is 0.328 e. The summed E-state index contributed by atoms with van der Waals surface area (Å²) in [5.74, 6) is -3.10. The number of esters is 1. The van der Waals surface area contributed by atoms with Crippen molar-refractivity contribution < 1.29 is 33.8 Å². The van der Waals surface area contributed by atoms with Gasteiger partial charge in [-0.05, 0) is 19.3 Å². The summed E-state index contributed by atoms with van der Waals surface area (Å²) in [5, 5.41) is 11.8. The van der Waals surface area contributed by atoms with Crippen molar-refractivity contribution >= 4 is 41.3 Å². The highest BCUT2D eigenvalue weighted by atomic mass is 32.2. The molecule has 10 heteroatoms. The van der Waals surface area contributed by atoms with Gasteiger partial charge in [0.05, 0.1) is 13.0 Å². The van der Waals surface area contributed by atoms with Crippen LogP contribution in [0.4, 0.5) is 0 Å². The van der Waals surface area contributed by atoms with Gasteiger partial charge in [-0.2, -0.15) is 11.8 Å². The fourth-order valence-electron chi connectivity index (χ4n) is 3.76. The Morgan fingerprint density at radius 2 is 2.04 bits per heavy atom. The predicted molar refractivity (Wildman–Crippen MR) is 101 cm³/mol. The monoisotopic (exact) mass is 414 g/mol. The predicted octanol–water partition coefficient (Wildman–Crippen LogP) is 0.0682. The average Bonchev–Trinajstić information content (AvgIpc) is 3.26. The van der Waals surface area contributed by atoms with Crippen LogP contribution in [0.2, 0.25) is 0 Å². The number of likely N-dealkylation sites (tertiary alicyclic amines) is 1. The third kappa shape index (κ3) is 5.24. The Hall–Kier alpha value is -2.10. The van der Waals surface area contributed by atoms with Gasteiger partial charge in [0, 0.05) is 37.3 Å². The van der Waals surface area contributed by atoms with E-state index in [1.54, 1.807) is 0 Å². The third-order valence-corrected chi connectivity index (χ3v) is 6.35. The van der Waals surface area contributed by atoms with E-state index in [9.17, 15) is 29.1 Å². The molecule has 1 heterocycles. The minimum absolute atomic E-state index is 0.0763. The lowest BCUT2D eigenvalue weighted by Crippen LogP contribution is -2.52. The summed E-state index contributed by atoms with van der Waals surface area (Å²) in [6, 6.07) is -1.51. The number of carbonyl (C=O) groups excluding carboxylic acids is 4. The van der Waals surface area contributed by atoms with E-state index >= 15 is 0 Å². The van der Waals surface area contributed by atoms with E-state index in [2.05, 4.69) is 5.32 Å². The number of carbonyl (C=O) groups is 5. The second-order valence-corrected chi connectivity index (χ2v) is 8.13. The lowest BCUT2D eigenvalue weighted by molar-refractivity contribution is -0.151. The molecule has 1 aliphatic heterocycles. The van der Waals surface area contributed by atoms with Gasteiger partial charge >= 0.3 is 11.9 Å². The number of hydrogen-bond acceptors (Lipinski definition) is 7. The number of aliphatic carboxylic acids is 1. The van der Waals surface area contributed by atoms with Gasteiger partial charge in [-0.3, -0.25) is 19.2 Å². The summed E-state index contributed by atoms with van der Waals surface area (Å²) < 4.78 is 4.75. The van der Waals surface area contributed by atoms with Crippen molar-refractivity contribution in [2.75, 3.05) is 25.2 Å². The molecule has 0 bridgehead atoms. The first-order valence-corrected chi connectivity index (χ1v) is 10.4. The van der Waals surface area contributed by atoms with E-state index < -0.39 is 35.9 Å². The molecule has 28 heavy (non-hydrogen) atoms. The normalized spacial score (nSPS) is 25.4. The molecule has 0 spiro atoms. The SMILES string of the molecule is COC(=O)[C@@H]1CCCN1C(=O)[C@H](CSCC1C(=O)CCC1C(=O)O)NC(C)=O. The molecule has 2 rings (SSSR count). The largest absolute Gasteiger partial charge is 0.481 e. The second-order valence-electron chi connectivity index (χ2n) is 7.06. The maximum atomic E-state index is 12.9. The van der Waals surface area contributed by atoms with E-state index in [0.717, 1.165) is 0 Å². The zero-order valence-electron chi connectivity index (χ0n) is 16.0. The minimum Gasteiger partial charge on any atom is -0.481 e. The maximum absolute atomic E-state index is 12.9. The molecule has 2 amide bonds. The quantitative estimate of drug-likeness (QED) is 0.534. The van der Waals surface area contributed by atoms with Crippen LogP contribution in [0.5, 0.6) is 0 Å². The fraction of sp³-hybridized carbons (Fsp3) is 0.722. The van der Waals surface area contributed by atoms with Gasteiger partial charge in [0.1, 0.15) is 17.9 Å². The van der Waals surface area contributed by atoms with Crippen molar-refractivity contribution in [2.45, 2.75) is 44.7 Å². The van der Waals surface area contributed by atoms with Crippen LogP contribution < -0.4 is 5.32 Å². The summed E-state index contributed by atoms with van der Waals surface area (Å²) in [4.78, 5) is 61.0. The van der Waals surface area contributed by atoms with Gasteiger partial charge in [-0.25, -0.2) is 4.79 Å². The number of amides is 2. The van der Waals surface area contributed by atoms with E-state index in [1.807, 2.05) is 0 Å². The Morgan fingerprint density at radius 1 is 1.32 bits per heavy atom. The summed E-state index contributed by atoms with van der Waals surface area (Å²) in [5.41, 5.74) is 0. The summed E-state index contributed by atoms with van der Waals surface area (Å²) >= 11 is 1.27. The third-order valence-electron chi connectivity index (χ3n) is 5.18. The maximum Gasteiger partial charge on any atom is 0.328 e. The van der Waals surface area contributed by atoms with Crippen LogP contribution >= 0.6 is 11.8 Å². The van der Waals surface area contributed by atoms with Gasteiger partial charge < -0.3 is 20.1 Å². The first-order chi connectivity index (χ1) is 13.3. The van der Waals surface area contributed by atoms with Crippen LogP contribution in [0.3, 0.4) is 0 Å². The Bertz CT molecular complexity index is 654. The molecule has 156 valence electrons.